The molecule has 0 radical (unpaired) electrons. The van der Waals surface area contributed by atoms with Crippen LogP contribution in [0.4, 0.5) is 0 Å². The van der Waals surface area contributed by atoms with Crippen LogP contribution in [0.15, 0.2) is 12.1 Å². The third kappa shape index (κ3) is 1.86. The van der Waals surface area contributed by atoms with Crippen molar-refractivity contribution in [3.8, 4) is 0 Å². The van der Waals surface area contributed by atoms with Crippen molar-refractivity contribution in [1.29, 1.82) is 0 Å². The number of rotatable bonds is 3. The minimum atomic E-state index is -0.518. The van der Waals surface area contributed by atoms with E-state index in [0.29, 0.717) is 11.1 Å². The summed E-state index contributed by atoms with van der Waals surface area (Å²) in [6.07, 6.45) is 1.78. The van der Waals surface area contributed by atoms with Gasteiger partial charge < -0.3 is 4.74 Å². The molecule has 16 heavy (non-hydrogen) atoms. The summed E-state index contributed by atoms with van der Waals surface area (Å²) < 4.78 is 5.58. The number of aryl methyl sites for hydroxylation is 2. The van der Waals surface area contributed by atoms with Crippen LogP contribution in [0.5, 0.6) is 0 Å². The van der Waals surface area contributed by atoms with Crippen LogP contribution in [-0.2, 0) is 17.6 Å². The fraction of sp³-hybridized carbons (Fsp3) is 0.333. The first-order valence-electron chi connectivity index (χ1n) is 5.15. The average Bonchev–Trinajstić information content (AvgIpc) is 2.54. The largest absolute Gasteiger partial charge is 0.386 e. The molecule has 1 heterocycles. The number of hydrogen-bond acceptors (Lipinski definition) is 3. The molecule has 2 rings (SSSR count). The zero-order valence-electron chi connectivity index (χ0n) is 8.88. The van der Waals surface area contributed by atoms with Gasteiger partial charge >= 0.3 is 11.9 Å². The number of carbonyl (C=O) groups excluding carboxylic acids is 2. The Hall–Kier alpha value is -0.910. The molecule has 0 N–H and O–H groups in total. The lowest BCUT2D eigenvalue weighted by Gasteiger charge is -2.07. The van der Waals surface area contributed by atoms with Crippen molar-refractivity contribution in [1.82, 2.24) is 0 Å². The third-order valence-electron chi connectivity index (χ3n) is 2.71. The predicted molar refractivity (Wildman–Crippen MR) is 68.2 cm³/mol. The van der Waals surface area contributed by atoms with E-state index in [1.54, 1.807) is 12.1 Å². The molecule has 1 aromatic carbocycles. The van der Waals surface area contributed by atoms with E-state index in [2.05, 4.69) is 27.3 Å². The second kappa shape index (κ2) is 4.53. The Morgan fingerprint density at radius 1 is 1.12 bits per heavy atom. The van der Waals surface area contributed by atoms with Crippen molar-refractivity contribution >= 4 is 34.5 Å². The number of benzene rings is 1. The summed E-state index contributed by atoms with van der Waals surface area (Å²) in [6, 6.07) is 3.60. The molecule has 0 spiro atoms. The molecule has 0 unspecified atom stereocenters. The highest BCUT2D eigenvalue weighted by atomic mass is 127. The van der Waals surface area contributed by atoms with Crippen LogP contribution < -0.4 is 0 Å². The first kappa shape index (κ1) is 11.6. The number of esters is 2. The lowest BCUT2D eigenvalue weighted by atomic mass is 9.96. The molecule has 0 atom stereocenters. The average molecular weight is 330 g/mol. The summed E-state index contributed by atoms with van der Waals surface area (Å²) in [4.78, 5) is 22.8. The second-order valence-electron chi connectivity index (χ2n) is 3.64. The molecule has 1 aliphatic rings. The molecular weight excluding hydrogens is 319 g/mol. The van der Waals surface area contributed by atoms with Crippen molar-refractivity contribution in [2.75, 3.05) is 4.43 Å². The van der Waals surface area contributed by atoms with E-state index in [1.165, 1.54) is 0 Å². The van der Waals surface area contributed by atoms with E-state index in [-0.39, 0.29) is 0 Å². The Morgan fingerprint density at radius 3 is 2.19 bits per heavy atom. The van der Waals surface area contributed by atoms with E-state index in [4.69, 9.17) is 0 Å². The Morgan fingerprint density at radius 2 is 1.69 bits per heavy atom. The van der Waals surface area contributed by atoms with Crippen LogP contribution in [0.3, 0.4) is 0 Å². The summed E-state index contributed by atoms with van der Waals surface area (Å²) in [5.41, 5.74) is 3.10. The van der Waals surface area contributed by atoms with Crippen LogP contribution in [0.1, 0.15) is 38.8 Å². The van der Waals surface area contributed by atoms with Crippen LogP contribution in [-0.4, -0.2) is 16.4 Å². The molecule has 0 amide bonds. The lowest BCUT2D eigenvalue weighted by molar-refractivity contribution is 0.0444. The molecule has 0 saturated heterocycles. The molecule has 0 saturated carbocycles. The number of halogens is 1. The smallest absolute Gasteiger partial charge is 0.346 e. The Labute approximate surface area is 107 Å². The van der Waals surface area contributed by atoms with Crippen LogP contribution in [0.2, 0.25) is 0 Å². The molecule has 3 nitrogen and oxygen atoms in total. The standard InChI is InChI=1S/C12H11IO3/c1-2-7-5-9-10(6-8(7)3-4-13)12(15)16-11(9)14/h5-6H,2-4H2,1H3. The minimum Gasteiger partial charge on any atom is -0.386 e. The Kier molecular flexibility index (Phi) is 3.28. The second-order valence-corrected chi connectivity index (χ2v) is 4.71. The van der Waals surface area contributed by atoms with Crippen LogP contribution in [0, 0.1) is 0 Å². The van der Waals surface area contributed by atoms with Gasteiger partial charge in [-0.1, -0.05) is 29.5 Å². The number of fused-ring (bicyclic) bond motifs is 1. The van der Waals surface area contributed by atoms with E-state index in [0.717, 1.165) is 28.4 Å². The first-order chi connectivity index (χ1) is 7.67. The van der Waals surface area contributed by atoms with Crippen molar-refractivity contribution in [2.24, 2.45) is 0 Å². The monoisotopic (exact) mass is 330 g/mol. The van der Waals surface area contributed by atoms with E-state index in [9.17, 15) is 9.59 Å². The van der Waals surface area contributed by atoms with E-state index >= 15 is 0 Å². The fourth-order valence-electron chi connectivity index (χ4n) is 1.88. The number of cyclic esters (lactones) is 2. The van der Waals surface area contributed by atoms with E-state index in [1.807, 2.05) is 6.92 Å². The van der Waals surface area contributed by atoms with Gasteiger partial charge in [-0.05, 0) is 36.1 Å². The zero-order valence-corrected chi connectivity index (χ0v) is 11.0. The summed E-state index contributed by atoms with van der Waals surface area (Å²) >= 11 is 2.30. The molecule has 1 aliphatic heterocycles. The Balaban J connectivity index is 2.55. The Bertz CT molecular complexity index is 466. The zero-order chi connectivity index (χ0) is 11.7. The number of carbonyl (C=O) groups is 2. The molecular formula is C12H11IO3. The summed E-state index contributed by atoms with van der Waals surface area (Å²) in [5, 5.41) is 0. The van der Waals surface area contributed by atoms with Gasteiger partial charge in [-0.2, -0.15) is 0 Å². The number of hydrogen-bond donors (Lipinski definition) is 0. The highest BCUT2D eigenvalue weighted by Gasteiger charge is 2.30. The van der Waals surface area contributed by atoms with Gasteiger partial charge in [0.1, 0.15) is 0 Å². The summed E-state index contributed by atoms with van der Waals surface area (Å²) in [7, 11) is 0. The maximum Gasteiger partial charge on any atom is 0.346 e. The molecule has 84 valence electrons. The summed E-state index contributed by atoms with van der Waals surface area (Å²) in [5.74, 6) is -1.03. The minimum absolute atomic E-state index is 0.416. The van der Waals surface area contributed by atoms with Gasteiger partial charge in [0.25, 0.3) is 0 Å². The predicted octanol–water partition coefficient (Wildman–Crippen LogP) is 2.54. The van der Waals surface area contributed by atoms with Gasteiger partial charge in [0.2, 0.25) is 0 Å². The van der Waals surface area contributed by atoms with Gasteiger partial charge in [0, 0.05) is 4.43 Å². The first-order valence-corrected chi connectivity index (χ1v) is 6.68. The van der Waals surface area contributed by atoms with Crippen molar-refractivity contribution in [3.05, 3.63) is 34.4 Å². The molecule has 0 aromatic heterocycles. The van der Waals surface area contributed by atoms with Gasteiger partial charge in [-0.25, -0.2) is 9.59 Å². The molecule has 0 fully saturated rings. The number of ether oxygens (including phenoxy) is 1. The SMILES string of the molecule is CCc1cc2c(cc1CCI)C(=O)OC2=O. The number of alkyl halides is 1. The highest BCUT2D eigenvalue weighted by molar-refractivity contribution is 14.1. The van der Waals surface area contributed by atoms with Crippen LogP contribution >= 0.6 is 22.6 Å². The molecule has 0 aliphatic carbocycles. The maximum absolute atomic E-state index is 11.4. The van der Waals surface area contributed by atoms with E-state index < -0.39 is 11.9 Å². The molecule has 0 bridgehead atoms. The van der Waals surface area contributed by atoms with Gasteiger partial charge in [-0.15, -0.1) is 0 Å². The molecule has 1 aromatic rings. The third-order valence-corrected chi connectivity index (χ3v) is 3.25. The van der Waals surface area contributed by atoms with Crippen molar-refractivity contribution in [2.45, 2.75) is 19.8 Å². The normalized spacial score (nSPS) is 13.9. The molecule has 4 heteroatoms. The quantitative estimate of drug-likeness (QED) is 0.370. The fourth-order valence-corrected chi connectivity index (χ4v) is 2.47. The summed E-state index contributed by atoms with van der Waals surface area (Å²) in [6.45, 7) is 2.04. The maximum atomic E-state index is 11.4. The lowest BCUT2D eigenvalue weighted by Crippen LogP contribution is -2.00. The van der Waals surface area contributed by atoms with Gasteiger partial charge in [-0.3, -0.25) is 0 Å². The van der Waals surface area contributed by atoms with Gasteiger partial charge in [0.05, 0.1) is 11.1 Å². The van der Waals surface area contributed by atoms with Gasteiger partial charge in [0.15, 0.2) is 0 Å². The topological polar surface area (TPSA) is 43.4 Å². The van der Waals surface area contributed by atoms with Crippen molar-refractivity contribution < 1.29 is 14.3 Å². The van der Waals surface area contributed by atoms with Crippen LogP contribution in [0.25, 0.3) is 0 Å². The highest BCUT2D eigenvalue weighted by Crippen LogP contribution is 2.25. The van der Waals surface area contributed by atoms with Crippen molar-refractivity contribution in [3.63, 3.8) is 0 Å².